The topological polar surface area (TPSA) is 28.7 Å². The Morgan fingerprint density at radius 1 is 1.88 bits per heavy atom. The summed E-state index contributed by atoms with van der Waals surface area (Å²) in [6, 6.07) is 0. The van der Waals surface area contributed by atoms with Crippen molar-refractivity contribution in [2.24, 2.45) is 0 Å². The van der Waals surface area contributed by atoms with E-state index >= 15 is 0 Å². The number of hydrogen-bond donors (Lipinski definition) is 1. The molecule has 44 valence electrons. The van der Waals surface area contributed by atoms with Crippen LogP contribution in [0.2, 0.25) is 0 Å². The molecule has 0 spiro atoms. The smallest absolute Gasteiger partial charge is 0.116 e. The first-order chi connectivity index (χ1) is 3.93. The lowest BCUT2D eigenvalue weighted by Gasteiger charge is -1.86. The molecule has 0 bridgehead atoms. The molecule has 0 aliphatic rings. The highest BCUT2D eigenvalue weighted by Crippen LogP contribution is 2.00. The minimum Gasteiger partial charge on any atom is -0.348 e. The molecule has 0 saturated heterocycles. The Morgan fingerprint density at radius 3 is 3.25 bits per heavy atom. The minimum absolute atomic E-state index is 0.979. The van der Waals surface area contributed by atoms with Crippen molar-refractivity contribution in [3.63, 3.8) is 0 Å². The van der Waals surface area contributed by atoms with Crippen molar-refractivity contribution >= 4 is 11.8 Å². The molecule has 0 aliphatic heterocycles. The minimum atomic E-state index is 0.979. The lowest BCUT2D eigenvalue weighted by Crippen LogP contribution is -1.79. The van der Waals surface area contributed by atoms with E-state index in [1.807, 2.05) is 6.20 Å². The van der Waals surface area contributed by atoms with Crippen LogP contribution in [0.5, 0.6) is 0 Å². The Kier molecular flexibility index (Phi) is 1.97. The van der Waals surface area contributed by atoms with E-state index in [1.165, 1.54) is 0 Å². The fourth-order valence-corrected chi connectivity index (χ4v) is 0.945. The first-order valence-electron chi connectivity index (χ1n) is 2.40. The van der Waals surface area contributed by atoms with E-state index < -0.39 is 0 Å². The van der Waals surface area contributed by atoms with Crippen LogP contribution in [0.3, 0.4) is 0 Å². The van der Waals surface area contributed by atoms with Crippen molar-refractivity contribution in [1.82, 2.24) is 9.97 Å². The summed E-state index contributed by atoms with van der Waals surface area (Å²) in [5.74, 6) is 2.03. The third kappa shape index (κ3) is 1.26. The van der Waals surface area contributed by atoms with Crippen molar-refractivity contribution in [2.45, 2.75) is 5.75 Å². The third-order valence-electron chi connectivity index (χ3n) is 0.836. The molecule has 0 aromatic carbocycles. The van der Waals surface area contributed by atoms with E-state index in [4.69, 9.17) is 0 Å². The Morgan fingerprint density at radius 2 is 2.75 bits per heavy atom. The van der Waals surface area contributed by atoms with Crippen LogP contribution < -0.4 is 0 Å². The van der Waals surface area contributed by atoms with Gasteiger partial charge in [-0.1, -0.05) is 0 Å². The van der Waals surface area contributed by atoms with Crippen molar-refractivity contribution in [3.05, 3.63) is 18.2 Å². The van der Waals surface area contributed by atoms with Crippen LogP contribution in [-0.4, -0.2) is 16.2 Å². The zero-order valence-electron chi connectivity index (χ0n) is 4.72. The van der Waals surface area contributed by atoms with Crippen LogP contribution in [0.1, 0.15) is 5.82 Å². The lowest BCUT2D eigenvalue weighted by molar-refractivity contribution is 1.12. The van der Waals surface area contributed by atoms with Gasteiger partial charge in [0.2, 0.25) is 0 Å². The predicted molar refractivity (Wildman–Crippen MR) is 35.8 cm³/mol. The summed E-state index contributed by atoms with van der Waals surface area (Å²) in [7, 11) is 0. The van der Waals surface area contributed by atoms with E-state index in [2.05, 4.69) is 16.2 Å². The molecule has 1 aromatic rings. The largest absolute Gasteiger partial charge is 0.348 e. The third-order valence-corrected chi connectivity index (χ3v) is 1.40. The SMILES string of the molecule is CSCc1ncc[nH]1. The summed E-state index contributed by atoms with van der Waals surface area (Å²) in [5, 5.41) is 0. The van der Waals surface area contributed by atoms with Crippen LogP contribution in [0.15, 0.2) is 12.4 Å². The first kappa shape index (κ1) is 5.69. The van der Waals surface area contributed by atoms with Gasteiger partial charge in [-0.05, 0) is 6.26 Å². The van der Waals surface area contributed by atoms with Crippen molar-refractivity contribution in [2.75, 3.05) is 6.26 Å². The summed E-state index contributed by atoms with van der Waals surface area (Å²) in [5.41, 5.74) is 0. The average Bonchev–Trinajstić information content (AvgIpc) is 2.19. The van der Waals surface area contributed by atoms with Gasteiger partial charge >= 0.3 is 0 Å². The predicted octanol–water partition coefficient (Wildman–Crippen LogP) is 1.27. The number of thioether (sulfide) groups is 1. The summed E-state index contributed by atoms with van der Waals surface area (Å²) < 4.78 is 0. The number of nitrogens with zero attached hydrogens (tertiary/aromatic N) is 1. The van der Waals surface area contributed by atoms with Crippen molar-refractivity contribution in [1.29, 1.82) is 0 Å². The monoisotopic (exact) mass is 128 g/mol. The van der Waals surface area contributed by atoms with E-state index in [-0.39, 0.29) is 0 Å². The van der Waals surface area contributed by atoms with E-state index in [0.717, 1.165) is 11.6 Å². The molecule has 1 heterocycles. The molecule has 0 unspecified atom stereocenters. The maximum absolute atomic E-state index is 4.03. The normalized spacial score (nSPS) is 9.62. The number of hydrogen-bond acceptors (Lipinski definition) is 2. The maximum Gasteiger partial charge on any atom is 0.116 e. The van der Waals surface area contributed by atoms with E-state index in [0.29, 0.717) is 0 Å². The molecule has 1 N–H and O–H groups in total. The molecule has 1 rings (SSSR count). The second-order valence-electron chi connectivity index (χ2n) is 1.47. The van der Waals surface area contributed by atoms with E-state index in [1.54, 1.807) is 18.0 Å². The molecule has 2 nitrogen and oxygen atoms in total. The molecule has 0 aliphatic carbocycles. The van der Waals surface area contributed by atoms with Gasteiger partial charge in [0.25, 0.3) is 0 Å². The van der Waals surface area contributed by atoms with Gasteiger partial charge in [0.1, 0.15) is 5.82 Å². The number of aromatic nitrogens is 2. The molecule has 0 amide bonds. The lowest BCUT2D eigenvalue weighted by atomic mass is 10.7. The molecule has 0 fully saturated rings. The highest BCUT2D eigenvalue weighted by molar-refractivity contribution is 7.97. The molecule has 1 aromatic heterocycles. The fourth-order valence-electron chi connectivity index (χ4n) is 0.514. The number of imidazole rings is 1. The van der Waals surface area contributed by atoms with E-state index in [9.17, 15) is 0 Å². The van der Waals surface area contributed by atoms with Crippen molar-refractivity contribution in [3.8, 4) is 0 Å². The highest BCUT2D eigenvalue weighted by atomic mass is 32.2. The Bertz CT molecular complexity index is 136. The standard InChI is InChI=1S/C5H8N2S/c1-8-4-5-6-2-3-7-5/h2-3H,4H2,1H3,(H,6,7). The molecular formula is C5H8N2S. The first-order valence-corrected chi connectivity index (χ1v) is 3.80. The van der Waals surface area contributed by atoms with Gasteiger partial charge in [0.05, 0.1) is 5.75 Å². The molecule has 0 radical (unpaired) electrons. The quantitative estimate of drug-likeness (QED) is 0.649. The summed E-state index contributed by atoms with van der Waals surface area (Å²) in [6.45, 7) is 0. The number of H-pyrrole nitrogens is 1. The Hall–Kier alpha value is -0.440. The van der Waals surface area contributed by atoms with Gasteiger partial charge in [-0.2, -0.15) is 11.8 Å². The van der Waals surface area contributed by atoms with Gasteiger partial charge in [-0.3, -0.25) is 0 Å². The van der Waals surface area contributed by atoms with Crippen LogP contribution in [0.25, 0.3) is 0 Å². The van der Waals surface area contributed by atoms with Gasteiger partial charge in [0, 0.05) is 12.4 Å². The van der Waals surface area contributed by atoms with Gasteiger partial charge in [-0.25, -0.2) is 4.98 Å². The van der Waals surface area contributed by atoms with Gasteiger partial charge < -0.3 is 4.98 Å². The molecule has 0 atom stereocenters. The van der Waals surface area contributed by atoms with Crippen LogP contribution in [-0.2, 0) is 5.75 Å². The second kappa shape index (κ2) is 2.77. The Labute approximate surface area is 52.7 Å². The maximum atomic E-state index is 4.03. The van der Waals surface area contributed by atoms with Gasteiger partial charge in [-0.15, -0.1) is 0 Å². The molecule has 3 heteroatoms. The number of nitrogens with one attached hydrogen (secondary N) is 1. The van der Waals surface area contributed by atoms with Crippen LogP contribution in [0, 0.1) is 0 Å². The van der Waals surface area contributed by atoms with Crippen molar-refractivity contribution < 1.29 is 0 Å². The van der Waals surface area contributed by atoms with Crippen LogP contribution in [0.4, 0.5) is 0 Å². The average molecular weight is 128 g/mol. The highest BCUT2D eigenvalue weighted by Gasteiger charge is 1.87. The fraction of sp³-hybridized carbons (Fsp3) is 0.400. The number of aromatic amines is 1. The summed E-state index contributed by atoms with van der Waals surface area (Å²) >= 11 is 1.77. The molecule has 0 saturated carbocycles. The summed E-state index contributed by atoms with van der Waals surface area (Å²) in [4.78, 5) is 7.04. The summed E-state index contributed by atoms with van der Waals surface area (Å²) in [6.07, 6.45) is 5.67. The van der Waals surface area contributed by atoms with Crippen LogP contribution >= 0.6 is 11.8 Å². The Balaban J connectivity index is 2.50. The molecular weight excluding hydrogens is 120 g/mol. The number of rotatable bonds is 2. The molecule has 8 heavy (non-hydrogen) atoms. The zero-order chi connectivity index (χ0) is 5.82. The van der Waals surface area contributed by atoms with Gasteiger partial charge in [0.15, 0.2) is 0 Å². The second-order valence-corrected chi connectivity index (χ2v) is 2.33. The zero-order valence-corrected chi connectivity index (χ0v) is 5.53.